The van der Waals surface area contributed by atoms with Crippen LogP contribution in [0, 0.1) is 9.49 Å². The highest BCUT2D eigenvalue weighted by atomic mass is 127. The zero-order valence-electron chi connectivity index (χ0n) is 16.9. The van der Waals surface area contributed by atoms with E-state index < -0.39 is 30.0 Å². The molecule has 2 rings (SSSR count). The number of nitrogens with one attached hydrogen (secondary N) is 2. The number of halogens is 1. The molecule has 0 bridgehead atoms. The van der Waals surface area contributed by atoms with Crippen molar-refractivity contribution in [3.05, 3.63) is 69.3 Å². The standard InChI is InChI=1S/C22H26IN3O4/c1-14(2)19(26-22(29)30-13-16-6-4-3-5-7-16)21(28)25-18(20(24)27)12-15-8-10-17(23)11-9-15/h3-11,14,18-19H,12-13H2,1-2H3,(H2,24,27)(H,25,28)(H,26,29)/t18-,19-/m0/s1. The highest BCUT2D eigenvalue weighted by Gasteiger charge is 2.28. The van der Waals surface area contributed by atoms with Crippen molar-refractivity contribution in [2.45, 2.75) is 39.0 Å². The zero-order chi connectivity index (χ0) is 22.1. The molecule has 2 atom stereocenters. The van der Waals surface area contributed by atoms with Gasteiger partial charge in [0.2, 0.25) is 11.8 Å². The number of alkyl carbamates (subject to hydrolysis) is 1. The number of nitrogens with two attached hydrogens (primary N) is 1. The van der Waals surface area contributed by atoms with Crippen LogP contribution in [-0.4, -0.2) is 30.0 Å². The Balaban J connectivity index is 1.97. The molecule has 3 amide bonds. The fourth-order valence-corrected chi connectivity index (χ4v) is 3.13. The number of hydrogen-bond donors (Lipinski definition) is 3. The van der Waals surface area contributed by atoms with Crippen LogP contribution in [0.15, 0.2) is 54.6 Å². The van der Waals surface area contributed by atoms with Crippen LogP contribution in [0.4, 0.5) is 4.79 Å². The molecule has 0 unspecified atom stereocenters. The van der Waals surface area contributed by atoms with E-state index in [1.165, 1.54) is 0 Å². The lowest BCUT2D eigenvalue weighted by Crippen LogP contribution is -2.55. The Bertz CT molecular complexity index is 856. The van der Waals surface area contributed by atoms with Crippen molar-refractivity contribution < 1.29 is 19.1 Å². The van der Waals surface area contributed by atoms with E-state index in [4.69, 9.17) is 10.5 Å². The van der Waals surface area contributed by atoms with E-state index in [2.05, 4.69) is 33.2 Å². The molecule has 2 aromatic carbocycles. The number of hydrogen-bond acceptors (Lipinski definition) is 4. The van der Waals surface area contributed by atoms with Gasteiger partial charge in [-0.2, -0.15) is 0 Å². The van der Waals surface area contributed by atoms with Crippen molar-refractivity contribution in [1.29, 1.82) is 0 Å². The molecule has 8 heteroatoms. The smallest absolute Gasteiger partial charge is 0.408 e. The van der Waals surface area contributed by atoms with E-state index in [0.717, 1.165) is 14.7 Å². The van der Waals surface area contributed by atoms with Gasteiger partial charge in [0.25, 0.3) is 0 Å². The third-order valence-electron chi connectivity index (χ3n) is 4.45. The van der Waals surface area contributed by atoms with Crippen LogP contribution >= 0.6 is 22.6 Å². The summed E-state index contributed by atoms with van der Waals surface area (Å²) in [6.07, 6.45) is -0.442. The third kappa shape index (κ3) is 7.66. The lowest BCUT2D eigenvalue weighted by Gasteiger charge is -2.24. The van der Waals surface area contributed by atoms with Gasteiger partial charge in [-0.3, -0.25) is 9.59 Å². The van der Waals surface area contributed by atoms with Crippen molar-refractivity contribution in [3.63, 3.8) is 0 Å². The molecule has 0 fully saturated rings. The minimum Gasteiger partial charge on any atom is -0.445 e. The topological polar surface area (TPSA) is 111 Å². The fraction of sp³-hybridized carbons (Fsp3) is 0.318. The molecule has 0 aliphatic rings. The minimum absolute atomic E-state index is 0.0931. The molecule has 30 heavy (non-hydrogen) atoms. The van der Waals surface area contributed by atoms with Gasteiger partial charge in [0.1, 0.15) is 18.7 Å². The zero-order valence-corrected chi connectivity index (χ0v) is 19.1. The van der Waals surface area contributed by atoms with Gasteiger partial charge < -0.3 is 21.1 Å². The number of benzene rings is 2. The molecule has 4 N–H and O–H groups in total. The predicted molar refractivity (Wildman–Crippen MR) is 122 cm³/mol. The molecule has 160 valence electrons. The Labute approximate surface area is 189 Å². The Kier molecular flexibility index (Phi) is 9.10. The summed E-state index contributed by atoms with van der Waals surface area (Å²) in [5.74, 6) is -1.35. The molecular weight excluding hydrogens is 497 g/mol. The first kappa shape index (κ1) is 23.7. The van der Waals surface area contributed by atoms with E-state index >= 15 is 0 Å². The predicted octanol–water partition coefficient (Wildman–Crippen LogP) is 2.75. The molecule has 0 aromatic heterocycles. The van der Waals surface area contributed by atoms with Crippen LogP contribution in [0.2, 0.25) is 0 Å². The average Bonchev–Trinajstić information content (AvgIpc) is 2.71. The van der Waals surface area contributed by atoms with E-state index in [1.54, 1.807) is 13.8 Å². The normalized spacial score (nSPS) is 12.7. The van der Waals surface area contributed by atoms with E-state index in [-0.39, 0.29) is 18.9 Å². The van der Waals surface area contributed by atoms with Gasteiger partial charge in [-0.05, 0) is 51.8 Å². The Morgan fingerprint density at radius 2 is 1.60 bits per heavy atom. The number of carbonyl (C=O) groups excluding carboxylic acids is 3. The molecule has 0 radical (unpaired) electrons. The minimum atomic E-state index is -0.888. The van der Waals surface area contributed by atoms with E-state index in [0.29, 0.717) is 0 Å². The van der Waals surface area contributed by atoms with E-state index in [1.807, 2.05) is 54.6 Å². The van der Waals surface area contributed by atoms with Crippen molar-refractivity contribution in [3.8, 4) is 0 Å². The lowest BCUT2D eigenvalue weighted by atomic mass is 10.0. The van der Waals surface area contributed by atoms with Gasteiger partial charge in [0, 0.05) is 9.99 Å². The molecule has 0 spiro atoms. The number of rotatable bonds is 9. The summed E-state index contributed by atoms with van der Waals surface area (Å²) >= 11 is 2.19. The molecule has 0 aliphatic carbocycles. The first-order chi connectivity index (χ1) is 14.3. The summed E-state index contributed by atoms with van der Waals surface area (Å²) in [5, 5.41) is 5.23. The van der Waals surface area contributed by atoms with Crippen LogP contribution in [0.3, 0.4) is 0 Å². The summed E-state index contributed by atoms with van der Waals surface area (Å²) in [5.41, 5.74) is 7.19. The second-order valence-electron chi connectivity index (χ2n) is 7.22. The Morgan fingerprint density at radius 1 is 0.967 bits per heavy atom. The van der Waals surface area contributed by atoms with Crippen molar-refractivity contribution in [1.82, 2.24) is 10.6 Å². The molecule has 0 saturated carbocycles. The lowest BCUT2D eigenvalue weighted by molar-refractivity contribution is -0.129. The summed E-state index contributed by atoms with van der Waals surface area (Å²) in [7, 11) is 0. The number of primary amides is 1. The molecule has 0 saturated heterocycles. The molecule has 7 nitrogen and oxygen atoms in total. The highest BCUT2D eigenvalue weighted by Crippen LogP contribution is 2.10. The molecule has 0 aliphatic heterocycles. The van der Waals surface area contributed by atoms with Crippen molar-refractivity contribution in [2.24, 2.45) is 11.7 Å². The van der Waals surface area contributed by atoms with Crippen molar-refractivity contribution in [2.75, 3.05) is 0 Å². The summed E-state index contributed by atoms with van der Waals surface area (Å²) in [4.78, 5) is 36.8. The Hall–Kier alpha value is -2.62. The van der Waals surface area contributed by atoms with Gasteiger partial charge in [0.15, 0.2) is 0 Å². The molecular formula is C22H26IN3O4. The maximum atomic E-state index is 12.8. The monoisotopic (exact) mass is 523 g/mol. The summed E-state index contributed by atoms with van der Waals surface area (Å²) < 4.78 is 6.26. The van der Waals surface area contributed by atoms with Crippen LogP contribution in [0.5, 0.6) is 0 Å². The number of ether oxygens (including phenoxy) is 1. The second-order valence-corrected chi connectivity index (χ2v) is 8.47. The molecule has 0 heterocycles. The number of carbonyl (C=O) groups is 3. The second kappa shape index (κ2) is 11.5. The van der Waals surface area contributed by atoms with Gasteiger partial charge in [-0.1, -0.05) is 56.3 Å². The van der Waals surface area contributed by atoms with Gasteiger partial charge in [-0.15, -0.1) is 0 Å². The highest BCUT2D eigenvalue weighted by molar-refractivity contribution is 14.1. The molecule has 2 aromatic rings. The summed E-state index contributed by atoms with van der Waals surface area (Å²) in [6, 6.07) is 15.1. The van der Waals surface area contributed by atoms with Crippen LogP contribution in [0.25, 0.3) is 0 Å². The summed E-state index contributed by atoms with van der Waals surface area (Å²) in [6.45, 7) is 3.68. The maximum Gasteiger partial charge on any atom is 0.408 e. The van der Waals surface area contributed by atoms with Gasteiger partial charge in [0.05, 0.1) is 0 Å². The fourth-order valence-electron chi connectivity index (χ4n) is 2.77. The van der Waals surface area contributed by atoms with Crippen LogP contribution < -0.4 is 16.4 Å². The number of amides is 3. The average molecular weight is 523 g/mol. The largest absolute Gasteiger partial charge is 0.445 e. The SMILES string of the molecule is CC(C)[C@H](NC(=O)OCc1ccccc1)C(=O)N[C@@H](Cc1ccc(I)cc1)C(N)=O. The third-order valence-corrected chi connectivity index (χ3v) is 5.17. The van der Waals surface area contributed by atoms with Gasteiger partial charge >= 0.3 is 6.09 Å². The van der Waals surface area contributed by atoms with Gasteiger partial charge in [-0.25, -0.2) is 4.79 Å². The van der Waals surface area contributed by atoms with Crippen molar-refractivity contribution >= 4 is 40.5 Å². The quantitative estimate of drug-likeness (QED) is 0.439. The van der Waals surface area contributed by atoms with Crippen LogP contribution in [-0.2, 0) is 27.4 Å². The first-order valence-electron chi connectivity index (χ1n) is 9.57. The van der Waals surface area contributed by atoms with E-state index in [9.17, 15) is 14.4 Å². The Morgan fingerprint density at radius 3 is 2.17 bits per heavy atom. The van der Waals surface area contributed by atoms with Crippen LogP contribution in [0.1, 0.15) is 25.0 Å². The maximum absolute atomic E-state index is 12.8. The first-order valence-corrected chi connectivity index (χ1v) is 10.7.